The highest BCUT2D eigenvalue weighted by Gasteiger charge is 2.08. The van der Waals surface area contributed by atoms with Crippen LogP contribution in [0.4, 0.5) is 0 Å². The summed E-state index contributed by atoms with van der Waals surface area (Å²) in [7, 11) is 0. The second-order valence-corrected chi connectivity index (χ2v) is 3.73. The normalized spacial score (nSPS) is 10.5. The van der Waals surface area contributed by atoms with Crippen molar-refractivity contribution in [2.24, 2.45) is 0 Å². The summed E-state index contributed by atoms with van der Waals surface area (Å²) >= 11 is 0. The maximum Gasteiger partial charge on any atom is 0.422 e. The molecule has 1 aromatic heterocycles. The minimum Gasteiger partial charge on any atom is -0.409 e. The molecule has 0 amide bonds. The van der Waals surface area contributed by atoms with Crippen molar-refractivity contribution < 1.29 is 14.3 Å². The van der Waals surface area contributed by atoms with E-state index in [0.29, 0.717) is 0 Å². The lowest BCUT2D eigenvalue weighted by atomic mass is 10.2. The standard InChI is InChI=1S/C11H10N2O6/c14-10-8-4-1-2-5-9(8)19-11(15)12(10)6-3-7-18-13(16)17/h1-2,4-5H,3,6-7H2. The summed E-state index contributed by atoms with van der Waals surface area (Å²) in [6.07, 6.45) is 0.157. The molecule has 0 spiro atoms. The molecule has 0 aliphatic carbocycles. The van der Waals surface area contributed by atoms with Gasteiger partial charge in [0, 0.05) is 6.54 Å². The van der Waals surface area contributed by atoms with E-state index in [-0.39, 0.29) is 30.5 Å². The van der Waals surface area contributed by atoms with Crippen molar-refractivity contribution in [3.63, 3.8) is 0 Å². The Bertz CT molecular complexity index is 717. The first-order chi connectivity index (χ1) is 9.09. The van der Waals surface area contributed by atoms with Crippen LogP contribution in [0.3, 0.4) is 0 Å². The van der Waals surface area contributed by atoms with Crippen molar-refractivity contribution in [1.29, 1.82) is 0 Å². The Labute approximate surface area is 105 Å². The molecule has 100 valence electrons. The highest BCUT2D eigenvalue weighted by molar-refractivity contribution is 5.74. The Morgan fingerprint density at radius 1 is 1.32 bits per heavy atom. The number of fused-ring (bicyclic) bond motifs is 1. The zero-order valence-electron chi connectivity index (χ0n) is 9.77. The molecule has 0 unspecified atom stereocenters. The minimum absolute atomic E-state index is 0.000158. The summed E-state index contributed by atoms with van der Waals surface area (Å²) in [4.78, 5) is 37.7. The van der Waals surface area contributed by atoms with Gasteiger partial charge in [0.2, 0.25) is 0 Å². The van der Waals surface area contributed by atoms with Crippen LogP contribution in [0.1, 0.15) is 6.42 Å². The van der Waals surface area contributed by atoms with Gasteiger partial charge in [0.1, 0.15) is 5.58 Å². The number of hydrogen-bond donors (Lipinski definition) is 0. The molecule has 0 radical (unpaired) electrons. The van der Waals surface area contributed by atoms with E-state index >= 15 is 0 Å². The first-order valence-electron chi connectivity index (χ1n) is 5.49. The Hall–Kier alpha value is -2.64. The van der Waals surface area contributed by atoms with Crippen LogP contribution >= 0.6 is 0 Å². The number of rotatable bonds is 5. The van der Waals surface area contributed by atoms with Crippen LogP contribution < -0.4 is 11.3 Å². The second-order valence-electron chi connectivity index (χ2n) is 3.73. The topological polar surface area (TPSA) is 105 Å². The zero-order valence-corrected chi connectivity index (χ0v) is 9.77. The van der Waals surface area contributed by atoms with Gasteiger partial charge < -0.3 is 9.25 Å². The molecule has 0 N–H and O–H groups in total. The molecule has 0 atom stereocenters. The van der Waals surface area contributed by atoms with Gasteiger partial charge in [-0.1, -0.05) is 12.1 Å². The van der Waals surface area contributed by atoms with E-state index in [2.05, 4.69) is 4.84 Å². The van der Waals surface area contributed by atoms with Crippen LogP contribution in [0.25, 0.3) is 11.0 Å². The van der Waals surface area contributed by atoms with Crippen molar-refractivity contribution in [3.8, 4) is 0 Å². The van der Waals surface area contributed by atoms with Crippen molar-refractivity contribution in [1.82, 2.24) is 4.57 Å². The molecule has 0 bridgehead atoms. The van der Waals surface area contributed by atoms with Crippen LogP contribution in [-0.4, -0.2) is 16.3 Å². The van der Waals surface area contributed by atoms with E-state index in [9.17, 15) is 19.7 Å². The van der Waals surface area contributed by atoms with Gasteiger partial charge in [-0.15, -0.1) is 10.1 Å². The molecule has 0 saturated heterocycles. The molecule has 0 aliphatic rings. The first-order valence-corrected chi connectivity index (χ1v) is 5.49. The molecular weight excluding hydrogens is 256 g/mol. The van der Waals surface area contributed by atoms with Gasteiger partial charge in [0.25, 0.3) is 10.6 Å². The summed E-state index contributed by atoms with van der Waals surface area (Å²) in [6, 6.07) is 6.38. The van der Waals surface area contributed by atoms with Gasteiger partial charge in [0.05, 0.1) is 12.0 Å². The maximum atomic E-state index is 12.0. The Balaban J connectivity index is 2.26. The van der Waals surface area contributed by atoms with E-state index < -0.39 is 16.4 Å². The van der Waals surface area contributed by atoms with E-state index in [0.717, 1.165) is 4.57 Å². The molecule has 1 heterocycles. The van der Waals surface area contributed by atoms with Gasteiger partial charge >= 0.3 is 5.76 Å². The molecule has 0 aliphatic heterocycles. The third-order valence-electron chi connectivity index (χ3n) is 2.50. The van der Waals surface area contributed by atoms with Crippen LogP contribution in [-0.2, 0) is 11.4 Å². The molecule has 0 saturated carbocycles. The quantitative estimate of drug-likeness (QED) is 0.444. The predicted molar refractivity (Wildman–Crippen MR) is 64.3 cm³/mol. The smallest absolute Gasteiger partial charge is 0.409 e. The number of aromatic nitrogens is 1. The predicted octanol–water partition coefficient (Wildman–Crippen LogP) is 0.553. The Kier molecular flexibility index (Phi) is 3.60. The van der Waals surface area contributed by atoms with Crippen LogP contribution in [0.2, 0.25) is 0 Å². The van der Waals surface area contributed by atoms with Gasteiger partial charge in [0.15, 0.2) is 0 Å². The molecule has 0 fully saturated rings. The van der Waals surface area contributed by atoms with E-state index in [1.807, 2.05) is 0 Å². The molecule has 19 heavy (non-hydrogen) atoms. The Morgan fingerprint density at radius 3 is 2.79 bits per heavy atom. The number of hydrogen-bond acceptors (Lipinski definition) is 6. The molecule has 2 rings (SSSR count). The third-order valence-corrected chi connectivity index (χ3v) is 2.50. The monoisotopic (exact) mass is 266 g/mol. The average Bonchev–Trinajstić information content (AvgIpc) is 2.37. The summed E-state index contributed by atoms with van der Waals surface area (Å²) in [6.45, 7) is -0.189. The van der Waals surface area contributed by atoms with Crippen LogP contribution in [0.15, 0.2) is 38.3 Å². The number of benzene rings is 1. The fourth-order valence-electron chi connectivity index (χ4n) is 1.66. The largest absolute Gasteiger partial charge is 0.422 e. The summed E-state index contributed by atoms with van der Waals surface area (Å²) < 4.78 is 5.88. The highest BCUT2D eigenvalue weighted by atomic mass is 16.9. The molecular formula is C11H10N2O6. The van der Waals surface area contributed by atoms with Gasteiger partial charge in [-0.25, -0.2) is 9.36 Å². The van der Waals surface area contributed by atoms with E-state index in [4.69, 9.17) is 4.42 Å². The molecule has 2 aromatic rings. The fraction of sp³-hybridized carbons (Fsp3) is 0.273. The summed E-state index contributed by atoms with van der Waals surface area (Å²) in [5.41, 5.74) is -0.261. The molecule has 1 aromatic carbocycles. The maximum absolute atomic E-state index is 12.0. The summed E-state index contributed by atoms with van der Waals surface area (Å²) in [5, 5.41) is 9.32. The number of nitrogens with zero attached hydrogens (tertiary/aromatic N) is 2. The zero-order chi connectivity index (χ0) is 13.8. The highest BCUT2D eigenvalue weighted by Crippen LogP contribution is 2.05. The van der Waals surface area contributed by atoms with Crippen molar-refractivity contribution >= 4 is 11.0 Å². The fourth-order valence-corrected chi connectivity index (χ4v) is 1.66. The van der Waals surface area contributed by atoms with E-state index in [1.54, 1.807) is 18.2 Å². The Morgan fingerprint density at radius 2 is 2.05 bits per heavy atom. The molecule has 8 nitrogen and oxygen atoms in total. The lowest BCUT2D eigenvalue weighted by Gasteiger charge is -2.04. The van der Waals surface area contributed by atoms with E-state index in [1.165, 1.54) is 6.07 Å². The lowest BCUT2D eigenvalue weighted by molar-refractivity contribution is -0.757. The molecule has 8 heteroatoms. The lowest BCUT2D eigenvalue weighted by Crippen LogP contribution is -2.32. The second kappa shape index (κ2) is 5.34. The number of para-hydroxylation sites is 1. The summed E-state index contributed by atoms with van der Waals surface area (Å²) in [5.74, 6) is -0.787. The first kappa shape index (κ1) is 12.8. The minimum atomic E-state index is -0.925. The van der Waals surface area contributed by atoms with Crippen molar-refractivity contribution in [2.75, 3.05) is 6.61 Å². The van der Waals surface area contributed by atoms with Crippen molar-refractivity contribution in [2.45, 2.75) is 13.0 Å². The SMILES string of the molecule is O=c1oc2ccccc2c(=O)n1CCCO[N+](=O)[O-]. The third kappa shape index (κ3) is 2.79. The van der Waals surface area contributed by atoms with Crippen LogP contribution in [0.5, 0.6) is 0 Å². The van der Waals surface area contributed by atoms with Gasteiger partial charge in [-0.2, -0.15) is 0 Å². The van der Waals surface area contributed by atoms with Gasteiger partial charge in [-0.3, -0.25) is 4.79 Å². The van der Waals surface area contributed by atoms with Crippen LogP contribution in [0, 0.1) is 10.1 Å². The average molecular weight is 266 g/mol. The van der Waals surface area contributed by atoms with Gasteiger partial charge in [-0.05, 0) is 18.6 Å². The van der Waals surface area contributed by atoms with Crippen molar-refractivity contribution in [3.05, 3.63) is 55.3 Å².